The molecule has 7 heteroatoms. The van der Waals surface area contributed by atoms with Crippen molar-refractivity contribution in [3.8, 4) is 5.75 Å². The molecular formula is C28H30N4O3. The number of nitrogens with one attached hydrogen (secondary N) is 1. The maximum atomic E-state index is 13.5. The Morgan fingerprint density at radius 1 is 1.06 bits per heavy atom. The van der Waals surface area contributed by atoms with Crippen molar-refractivity contribution in [2.45, 2.75) is 38.5 Å². The number of anilines is 1. The van der Waals surface area contributed by atoms with Crippen LogP contribution in [0.25, 0.3) is 0 Å². The van der Waals surface area contributed by atoms with E-state index in [0.717, 1.165) is 26.1 Å². The Hall–Kier alpha value is -3.71. The van der Waals surface area contributed by atoms with Gasteiger partial charge in [-0.2, -0.15) is 0 Å². The first-order valence-electron chi connectivity index (χ1n) is 12.0. The lowest BCUT2D eigenvalue weighted by molar-refractivity contribution is -0.0918. The molecule has 0 aliphatic carbocycles. The number of nitrogens with zero attached hydrogens (tertiary/aromatic N) is 3. The Labute approximate surface area is 205 Å². The Bertz CT molecular complexity index is 1210. The van der Waals surface area contributed by atoms with Crippen LogP contribution in [0.4, 0.5) is 5.69 Å². The highest BCUT2D eigenvalue weighted by atomic mass is 16.5. The van der Waals surface area contributed by atoms with Gasteiger partial charge in [0.15, 0.2) is 5.75 Å². The van der Waals surface area contributed by atoms with Crippen LogP contribution in [0.3, 0.4) is 0 Å². The number of pyridine rings is 1. The molecule has 5 rings (SSSR count). The molecule has 180 valence electrons. The highest BCUT2D eigenvalue weighted by Crippen LogP contribution is 2.40. The minimum Gasteiger partial charge on any atom is -0.481 e. The third-order valence-corrected chi connectivity index (χ3v) is 6.72. The predicted octanol–water partition coefficient (Wildman–Crippen LogP) is 4.22. The van der Waals surface area contributed by atoms with Crippen LogP contribution in [0.2, 0.25) is 0 Å². The SMILES string of the molecule is CC(C)N1CCC2(CN(Cc3ccccc3)C2)Oc2c(NC(=O)c3ccncc3)cccc2C1=O. The van der Waals surface area contributed by atoms with Crippen molar-refractivity contribution in [2.75, 3.05) is 25.0 Å². The van der Waals surface area contributed by atoms with Gasteiger partial charge in [0.05, 0.1) is 11.3 Å². The van der Waals surface area contributed by atoms with Crippen LogP contribution < -0.4 is 10.1 Å². The summed E-state index contributed by atoms with van der Waals surface area (Å²) in [5.41, 5.74) is 2.31. The number of aromatic nitrogens is 1. The highest BCUT2D eigenvalue weighted by Gasteiger charge is 2.47. The van der Waals surface area contributed by atoms with Crippen LogP contribution in [0.15, 0.2) is 73.1 Å². The molecule has 0 unspecified atom stereocenters. The van der Waals surface area contributed by atoms with E-state index >= 15 is 0 Å². The van der Waals surface area contributed by atoms with Gasteiger partial charge in [-0.1, -0.05) is 36.4 Å². The number of rotatable bonds is 5. The Kier molecular flexibility index (Phi) is 6.26. The molecule has 2 aliphatic heterocycles. The zero-order chi connectivity index (χ0) is 24.4. The van der Waals surface area contributed by atoms with Gasteiger partial charge in [0.2, 0.25) is 0 Å². The lowest BCUT2D eigenvalue weighted by Gasteiger charge is -2.52. The lowest BCUT2D eigenvalue weighted by Crippen LogP contribution is -2.66. The molecular weight excluding hydrogens is 440 g/mol. The summed E-state index contributed by atoms with van der Waals surface area (Å²) in [4.78, 5) is 34.6. The molecule has 7 nitrogen and oxygen atoms in total. The molecule has 2 amide bonds. The summed E-state index contributed by atoms with van der Waals surface area (Å²) in [6.45, 7) is 7.06. The molecule has 0 bridgehead atoms. The topological polar surface area (TPSA) is 74.8 Å². The fourth-order valence-corrected chi connectivity index (χ4v) is 4.90. The molecule has 35 heavy (non-hydrogen) atoms. The third kappa shape index (κ3) is 4.77. The minimum atomic E-state index is -0.422. The Morgan fingerprint density at radius 3 is 2.51 bits per heavy atom. The minimum absolute atomic E-state index is 0.0565. The molecule has 1 aromatic heterocycles. The molecule has 0 saturated carbocycles. The van der Waals surface area contributed by atoms with Crippen molar-refractivity contribution in [1.82, 2.24) is 14.8 Å². The number of hydrogen-bond acceptors (Lipinski definition) is 5. The normalized spacial score (nSPS) is 17.2. The number of amides is 2. The summed E-state index contributed by atoms with van der Waals surface area (Å²) in [7, 11) is 0. The summed E-state index contributed by atoms with van der Waals surface area (Å²) >= 11 is 0. The Balaban J connectivity index is 1.45. The van der Waals surface area contributed by atoms with E-state index in [1.54, 1.807) is 42.7 Å². The van der Waals surface area contributed by atoms with E-state index in [9.17, 15) is 9.59 Å². The van der Waals surface area contributed by atoms with Crippen LogP contribution >= 0.6 is 0 Å². The third-order valence-electron chi connectivity index (χ3n) is 6.72. The zero-order valence-electron chi connectivity index (χ0n) is 20.1. The monoisotopic (exact) mass is 470 g/mol. The number of fused-ring (bicyclic) bond motifs is 1. The average Bonchev–Trinajstić information content (AvgIpc) is 2.83. The first kappa shape index (κ1) is 23.1. The number of para-hydroxylation sites is 1. The van der Waals surface area contributed by atoms with E-state index in [2.05, 4.69) is 39.5 Å². The molecule has 2 aromatic carbocycles. The highest BCUT2D eigenvalue weighted by molar-refractivity contribution is 6.07. The molecule has 1 N–H and O–H groups in total. The standard InChI is InChI=1S/C28H30N4O3/c1-20(2)32-16-13-28(18-31(19-28)17-21-7-4-3-5-8-21)35-25-23(27(32)34)9-6-10-24(25)30-26(33)22-11-14-29-15-12-22/h3-12,14-15,20H,13,16-19H2,1-2H3,(H,30,33). The van der Waals surface area contributed by atoms with Crippen molar-refractivity contribution in [3.05, 3.63) is 89.7 Å². The molecule has 3 heterocycles. The van der Waals surface area contributed by atoms with Crippen molar-refractivity contribution >= 4 is 17.5 Å². The van der Waals surface area contributed by atoms with Crippen LogP contribution in [-0.2, 0) is 6.54 Å². The first-order valence-corrected chi connectivity index (χ1v) is 12.0. The predicted molar refractivity (Wildman–Crippen MR) is 134 cm³/mol. The molecule has 0 radical (unpaired) electrons. The van der Waals surface area contributed by atoms with Gasteiger partial charge in [-0.3, -0.25) is 19.5 Å². The first-order chi connectivity index (χ1) is 16.9. The number of hydrogen-bond donors (Lipinski definition) is 1. The summed E-state index contributed by atoms with van der Waals surface area (Å²) in [6.07, 6.45) is 3.89. The maximum Gasteiger partial charge on any atom is 0.257 e. The molecule has 1 spiro atoms. The molecule has 2 aliphatic rings. The quantitative estimate of drug-likeness (QED) is 0.604. The van der Waals surface area contributed by atoms with Gasteiger partial charge >= 0.3 is 0 Å². The van der Waals surface area contributed by atoms with E-state index < -0.39 is 5.60 Å². The second-order valence-electron chi connectivity index (χ2n) is 9.63. The summed E-state index contributed by atoms with van der Waals surface area (Å²) in [5.74, 6) is 0.0999. The number of carbonyl (C=O) groups excluding carboxylic acids is 2. The molecule has 1 saturated heterocycles. The molecule has 1 fully saturated rings. The number of carbonyl (C=O) groups is 2. The van der Waals surface area contributed by atoms with Crippen LogP contribution in [0.5, 0.6) is 5.75 Å². The van der Waals surface area contributed by atoms with E-state index in [4.69, 9.17) is 4.74 Å². The summed E-state index contributed by atoms with van der Waals surface area (Å²) in [5, 5.41) is 2.96. The lowest BCUT2D eigenvalue weighted by atomic mass is 9.87. The van der Waals surface area contributed by atoms with Crippen LogP contribution in [-0.4, -0.2) is 57.9 Å². The average molecular weight is 471 g/mol. The number of benzene rings is 2. The molecule has 3 aromatic rings. The van der Waals surface area contributed by atoms with Gasteiger partial charge < -0.3 is 15.0 Å². The van der Waals surface area contributed by atoms with Crippen molar-refractivity contribution in [2.24, 2.45) is 0 Å². The van der Waals surface area contributed by atoms with Crippen molar-refractivity contribution in [1.29, 1.82) is 0 Å². The Morgan fingerprint density at radius 2 is 1.80 bits per heavy atom. The van der Waals surface area contributed by atoms with Gasteiger partial charge in [-0.15, -0.1) is 0 Å². The van der Waals surface area contributed by atoms with E-state index in [1.807, 2.05) is 24.8 Å². The smallest absolute Gasteiger partial charge is 0.257 e. The van der Waals surface area contributed by atoms with Gasteiger partial charge in [0.25, 0.3) is 11.8 Å². The fourth-order valence-electron chi connectivity index (χ4n) is 4.90. The molecule has 0 atom stereocenters. The van der Waals surface area contributed by atoms with E-state index in [1.165, 1.54) is 5.56 Å². The number of likely N-dealkylation sites (tertiary alicyclic amines) is 1. The van der Waals surface area contributed by atoms with Gasteiger partial charge in [0.1, 0.15) is 5.60 Å². The van der Waals surface area contributed by atoms with Crippen LogP contribution in [0, 0.1) is 0 Å². The summed E-state index contributed by atoms with van der Waals surface area (Å²) in [6, 6.07) is 19.1. The van der Waals surface area contributed by atoms with Crippen LogP contribution in [0.1, 0.15) is 46.5 Å². The van der Waals surface area contributed by atoms with E-state index in [0.29, 0.717) is 29.1 Å². The maximum absolute atomic E-state index is 13.5. The van der Waals surface area contributed by atoms with Gasteiger partial charge in [0, 0.05) is 56.6 Å². The van der Waals surface area contributed by atoms with E-state index in [-0.39, 0.29) is 17.9 Å². The van der Waals surface area contributed by atoms with Gasteiger partial charge in [-0.05, 0) is 43.7 Å². The zero-order valence-corrected chi connectivity index (χ0v) is 20.1. The van der Waals surface area contributed by atoms with Crippen molar-refractivity contribution in [3.63, 3.8) is 0 Å². The van der Waals surface area contributed by atoms with Gasteiger partial charge in [-0.25, -0.2) is 0 Å². The fraction of sp³-hybridized carbons (Fsp3) is 0.321. The second-order valence-corrected chi connectivity index (χ2v) is 9.63. The summed E-state index contributed by atoms with van der Waals surface area (Å²) < 4.78 is 6.68. The largest absolute Gasteiger partial charge is 0.481 e. The second kappa shape index (κ2) is 9.50. The number of ether oxygens (including phenoxy) is 1. The van der Waals surface area contributed by atoms with Crippen molar-refractivity contribution < 1.29 is 14.3 Å².